The highest BCUT2D eigenvalue weighted by molar-refractivity contribution is 6.31. The van der Waals surface area contributed by atoms with Crippen molar-refractivity contribution in [2.24, 2.45) is 0 Å². The number of H-pyrrole nitrogens is 1. The fourth-order valence-electron chi connectivity index (χ4n) is 5.77. The number of aromatic amines is 1. The molecular formula is C40H32Cl2N2O4. The van der Waals surface area contributed by atoms with E-state index in [4.69, 9.17) is 32.7 Å². The van der Waals surface area contributed by atoms with Crippen LogP contribution in [0.4, 0.5) is 0 Å². The highest BCUT2D eigenvalue weighted by Crippen LogP contribution is 2.26. The van der Waals surface area contributed by atoms with Gasteiger partial charge in [0.15, 0.2) is 0 Å². The Morgan fingerprint density at radius 1 is 0.646 bits per heavy atom. The van der Waals surface area contributed by atoms with Crippen LogP contribution in [0.15, 0.2) is 128 Å². The molecule has 0 amide bonds. The number of benzene rings is 5. The maximum atomic E-state index is 12.1. The molecule has 1 N–H and O–H groups in total. The topological polar surface area (TPSA) is 73.3 Å². The number of ether oxygens (including phenoxy) is 2. The molecule has 0 aliphatic rings. The van der Waals surface area contributed by atoms with Gasteiger partial charge >= 0.3 is 11.9 Å². The van der Waals surface area contributed by atoms with Crippen molar-refractivity contribution in [1.82, 2.24) is 9.55 Å². The Hall–Kier alpha value is -5.30. The summed E-state index contributed by atoms with van der Waals surface area (Å²) in [6.07, 6.45) is 5.28. The van der Waals surface area contributed by atoms with Crippen LogP contribution in [0.2, 0.25) is 10.0 Å². The van der Waals surface area contributed by atoms with Crippen LogP contribution in [-0.2, 0) is 22.3 Å². The number of carbonyl (C=O) groups is 2. The largest absolute Gasteiger partial charge is 0.465 e. The number of hydrogen-bond donors (Lipinski definition) is 1. The second-order valence-electron chi connectivity index (χ2n) is 11.3. The van der Waals surface area contributed by atoms with Crippen molar-refractivity contribution in [3.05, 3.63) is 171 Å². The first-order valence-corrected chi connectivity index (χ1v) is 16.0. The highest BCUT2D eigenvalue weighted by Gasteiger charge is 2.15. The number of nitrogens with one attached hydrogen (secondary N) is 1. The van der Waals surface area contributed by atoms with E-state index in [0.717, 1.165) is 49.7 Å². The van der Waals surface area contributed by atoms with Gasteiger partial charge in [-0.3, -0.25) is 0 Å². The van der Waals surface area contributed by atoms with Gasteiger partial charge in [0.1, 0.15) is 0 Å². The smallest absolute Gasteiger partial charge is 0.338 e. The summed E-state index contributed by atoms with van der Waals surface area (Å²) in [5.74, 6) is -0.737. The standard InChI is InChI=1S/C23H18ClNO2.C17H14ClNO2/c1-27-23(26)21-15-19(24)9-8-17(21)13-16-7-10-22-18(14-16)11-12-25(22)20-5-3-2-4-6-20;1-21-17(20)15-10-14(18)4-3-12(15)8-11-2-5-16-13(9-11)6-7-19-16/h2-12,14-15H,13H2,1H3;2-7,9-10,19H,8H2,1H3. The molecule has 0 fully saturated rings. The van der Waals surface area contributed by atoms with Crippen molar-refractivity contribution in [1.29, 1.82) is 0 Å². The number of rotatable bonds is 7. The van der Waals surface area contributed by atoms with Crippen molar-refractivity contribution in [3.63, 3.8) is 0 Å². The zero-order valence-electron chi connectivity index (χ0n) is 26.4. The molecule has 2 aromatic heterocycles. The summed E-state index contributed by atoms with van der Waals surface area (Å²) in [4.78, 5) is 27.1. The third-order valence-electron chi connectivity index (χ3n) is 8.15. The molecule has 0 radical (unpaired) electrons. The fourth-order valence-corrected chi connectivity index (χ4v) is 6.12. The predicted molar refractivity (Wildman–Crippen MR) is 193 cm³/mol. The summed E-state index contributed by atoms with van der Waals surface area (Å²) < 4.78 is 11.9. The van der Waals surface area contributed by atoms with Crippen molar-refractivity contribution in [2.75, 3.05) is 14.2 Å². The third-order valence-corrected chi connectivity index (χ3v) is 8.62. The van der Waals surface area contributed by atoms with E-state index in [-0.39, 0.29) is 11.9 Å². The lowest BCUT2D eigenvalue weighted by Crippen LogP contribution is -2.06. The number of methoxy groups -OCH3 is 2. The maximum Gasteiger partial charge on any atom is 0.338 e. The molecule has 0 aliphatic heterocycles. The van der Waals surface area contributed by atoms with Crippen LogP contribution in [0.25, 0.3) is 27.5 Å². The summed E-state index contributed by atoms with van der Waals surface area (Å²) in [5.41, 5.74) is 8.46. The molecule has 0 saturated heterocycles. The molecule has 8 heteroatoms. The molecule has 0 saturated carbocycles. The lowest BCUT2D eigenvalue weighted by atomic mass is 9.99. The summed E-state index contributed by atoms with van der Waals surface area (Å²) >= 11 is 12.0. The van der Waals surface area contributed by atoms with Gasteiger partial charge in [-0.1, -0.05) is 65.7 Å². The van der Waals surface area contributed by atoms with E-state index in [2.05, 4.69) is 64.3 Å². The number of esters is 2. The highest BCUT2D eigenvalue weighted by atomic mass is 35.5. The Labute approximate surface area is 288 Å². The van der Waals surface area contributed by atoms with E-state index in [9.17, 15) is 9.59 Å². The normalized spacial score (nSPS) is 10.8. The number of halogens is 2. The minimum atomic E-state index is -0.371. The predicted octanol–water partition coefficient (Wildman–Crippen LogP) is 9.86. The molecule has 6 nitrogen and oxygen atoms in total. The van der Waals surface area contributed by atoms with Gasteiger partial charge in [0.2, 0.25) is 0 Å². The average molecular weight is 676 g/mol. The van der Waals surface area contributed by atoms with Crippen LogP contribution in [0.3, 0.4) is 0 Å². The lowest BCUT2D eigenvalue weighted by Gasteiger charge is -2.10. The van der Waals surface area contributed by atoms with Crippen LogP contribution in [0.5, 0.6) is 0 Å². The quantitative estimate of drug-likeness (QED) is 0.171. The molecule has 7 rings (SSSR count). The van der Waals surface area contributed by atoms with Gasteiger partial charge in [0.05, 0.1) is 30.9 Å². The Bertz CT molecular complexity index is 2240. The molecule has 0 aliphatic carbocycles. The van der Waals surface area contributed by atoms with Gasteiger partial charge in [0.25, 0.3) is 0 Å². The maximum absolute atomic E-state index is 12.1. The molecule has 7 aromatic rings. The summed E-state index contributed by atoms with van der Waals surface area (Å²) in [7, 11) is 2.75. The molecular weight excluding hydrogens is 643 g/mol. The van der Waals surface area contributed by atoms with Crippen molar-refractivity contribution >= 4 is 56.9 Å². The van der Waals surface area contributed by atoms with Gasteiger partial charge in [0, 0.05) is 39.0 Å². The first kappa shape index (κ1) is 32.6. The van der Waals surface area contributed by atoms with Crippen LogP contribution < -0.4 is 0 Å². The number of nitrogens with zero attached hydrogens (tertiary/aromatic N) is 1. The number of para-hydroxylation sites is 1. The number of aromatic nitrogens is 2. The molecule has 0 spiro atoms. The van der Waals surface area contributed by atoms with E-state index < -0.39 is 0 Å². The number of fused-ring (bicyclic) bond motifs is 2. The summed E-state index contributed by atoms with van der Waals surface area (Å²) in [5, 5.41) is 3.36. The van der Waals surface area contributed by atoms with Gasteiger partial charge in [-0.2, -0.15) is 0 Å². The van der Waals surface area contributed by atoms with E-state index >= 15 is 0 Å². The van der Waals surface area contributed by atoms with Crippen molar-refractivity contribution in [2.45, 2.75) is 12.8 Å². The van der Waals surface area contributed by atoms with E-state index in [1.165, 1.54) is 14.2 Å². The van der Waals surface area contributed by atoms with Gasteiger partial charge < -0.3 is 19.0 Å². The SMILES string of the molecule is COC(=O)c1cc(Cl)ccc1Cc1ccc2[nH]ccc2c1.COC(=O)c1cc(Cl)ccc1Cc1ccc2c(ccn2-c2ccccc2)c1. The molecule has 2 heterocycles. The summed E-state index contributed by atoms with van der Waals surface area (Å²) in [6, 6.07) is 37.6. The number of carbonyl (C=O) groups excluding carboxylic acids is 2. The van der Waals surface area contributed by atoms with Gasteiger partial charge in [-0.25, -0.2) is 9.59 Å². The molecule has 5 aromatic carbocycles. The fraction of sp³-hybridized carbons (Fsp3) is 0.100. The van der Waals surface area contributed by atoms with Crippen LogP contribution in [0.1, 0.15) is 43.0 Å². The Morgan fingerprint density at radius 2 is 1.23 bits per heavy atom. The second kappa shape index (κ2) is 14.6. The van der Waals surface area contributed by atoms with Crippen molar-refractivity contribution < 1.29 is 19.1 Å². The molecule has 0 bridgehead atoms. The van der Waals surface area contributed by atoms with Crippen LogP contribution in [0, 0.1) is 0 Å². The van der Waals surface area contributed by atoms with Crippen molar-refractivity contribution in [3.8, 4) is 5.69 Å². The molecule has 240 valence electrons. The Balaban J connectivity index is 0.000000173. The first-order valence-electron chi connectivity index (χ1n) is 15.3. The van der Waals surface area contributed by atoms with E-state index in [1.54, 1.807) is 24.3 Å². The molecule has 48 heavy (non-hydrogen) atoms. The Kier molecular flexibility index (Phi) is 9.95. The molecule has 0 atom stereocenters. The lowest BCUT2D eigenvalue weighted by molar-refractivity contribution is 0.0590. The van der Waals surface area contributed by atoms with Gasteiger partial charge in [-0.05, 0) is 113 Å². The third kappa shape index (κ3) is 7.31. The summed E-state index contributed by atoms with van der Waals surface area (Å²) in [6.45, 7) is 0. The average Bonchev–Trinajstić information content (AvgIpc) is 3.76. The van der Waals surface area contributed by atoms with Crippen LogP contribution in [-0.4, -0.2) is 35.7 Å². The van der Waals surface area contributed by atoms with Crippen LogP contribution >= 0.6 is 23.2 Å². The van der Waals surface area contributed by atoms with E-state index in [0.29, 0.717) is 34.0 Å². The van der Waals surface area contributed by atoms with Gasteiger partial charge in [-0.15, -0.1) is 0 Å². The zero-order chi connectivity index (χ0) is 33.6. The molecule has 0 unspecified atom stereocenters. The minimum absolute atomic E-state index is 0.366. The Morgan fingerprint density at radius 3 is 1.83 bits per heavy atom. The zero-order valence-corrected chi connectivity index (χ0v) is 27.9. The monoisotopic (exact) mass is 674 g/mol. The van der Waals surface area contributed by atoms with E-state index in [1.807, 2.05) is 48.7 Å². The first-order chi connectivity index (χ1) is 23.3. The minimum Gasteiger partial charge on any atom is -0.465 e. The second-order valence-corrected chi connectivity index (χ2v) is 12.1. The number of hydrogen-bond acceptors (Lipinski definition) is 4.